The lowest BCUT2D eigenvalue weighted by Gasteiger charge is -2.28. The zero-order valence-electron chi connectivity index (χ0n) is 17.8. The summed E-state index contributed by atoms with van der Waals surface area (Å²) in [5, 5.41) is -0.380. The van der Waals surface area contributed by atoms with E-state index in [0.717, 1.165) is 25.0 Å². The van der Waals surface area contributed by atoms with Crippen LogP contribution in [0.2, 0.25) is 0 Å². The van der Waals surface area contributed by atoms with Crippen molar-refractivity contribution in [3.05, 3.63) is 59.7 Å². The van der Waals surface area contributed by atoms with Crippen LogP contribution in [0.25, 0.3) is 0 Å². The lowest BCUT2D eigenvalue weighted by Crippen LogP contribution is -2.29. The summed E-state index contributed by atoms with van der Waals surface area (Å²) in [6.07, 6.45) is 2.95. The number of Topliss-reactive ketones (excluding diaryl/α,β-unsaturated/α-hetero) is 1. The lowest BCUT2D eigenvalue weighted by molar-refractivity contribution is -0.123. The molecule has 1 aliphatic carbocycles. The molecule has 0 bridgehead atoms. The first-order valence-corrected chi connectivity index (χ1v) is 12.3. The highest BCUT2D eigenvalue weighted by molar-refractivity contribution is 7.91. The largest absolute Gasteiger partial charge is 0.454 e. The van der Waals surface area contributed by atoms with E-state index < -0.39 is 21.5 Å². The highest BCUT2D eigenvalue weighted by Crippen LogP contribution is 2.33. The fourth-order valence-corrected chi connectivity index (χ4v) is 5.31. The van der Waals surface area contributed by atoms with Gasteiger partial charge >= 0.3 is 0 Å². The SMILES string of the molecule is CC(C)S(=O)(=O)CC1CCC(C(=O)Cc2ccccc2Oc2ccc(F)cc2F)CC1. The first-order valence-electron chi connectivity index (χ1n) is 10.6. The Morgan fingerprint density at radius 1 is 1.03 bits per heavy atom. The molecule has 0 spiro atoms. The summed E-state index contributed by atoms with van der Waals surface area (Å²) >= 11 is 0. The standard InChI is InChI=1S/C24H28F2O4S/c1-16(2)31(28,29)15-17-7-9-18(10-8-17)22(27)13-19-5-3-4-6-23(19)30-24-12-11-20(25)14-21(24)26/h3-6,11-12,14,16-18H,7-10,13,15H2,1-2H3. The molecule has 168 valence electrons. The van der Waals surface area contributed by atoms with Gasteiger partial charge in [-0.15, -0.1) is 0 Å². The molecule has 4 nitrogen and oxygen atoms in total. The molecule has 0 N–H and O–H groups in total. The Balaban J connectivity index is 1.62. The zero-order valence-corrected chi connectivity index (χ0v) is 18.6. The number of sulfone groups is 1. The van der Waals surface area contributed by atoms with Crippen LogP contribution in [0.15, 0.2) is 42.5 Å². The first-order chi connectivity index (χ1) is 14.7. The number of halogens is 2. The molecule has 0 aliphatic heterocycles. The molecule has 1 fully saturated rings. The van der Waals surface area contributed by atoms with Gasteiger partial charge < -0.3 is 4.74 Å². The Morgan fingerprint density at radius 3 is 2.35 bits per heavy atom. The molecule has 1 saturated carbocycles. The molecule has 0 amide bonds. The molecule has 1 aliphatic rings. The van der Waals surface area contributed by atoms with Gasteiger partial charge in [0, 0.05) is 24.0 Å². The molecular weight excluding hydrogens is 422 g/mol. The molecule has 7 heteroatoms. The number of carbonyl (C=O) groups excluding carboxylic acids is 1. The molecule has 0 atom stereocenters. The van der Waals surface area contributed by atoms with Crippen molar-refractivity contribution in [2.24, 2.45) is 11.8 Å². The molecule has 3 rings (SSSR count). The van der Waals surface area contributed by atoms with Crippen molar-refractivity contribution in [3.63, 3.8) is 0 Å². The third-order valence-electron chi connectivity index (χ3n) is 5.94. The molecule has 2 aromatic carbocycles. The maximum Gasteiger partial charge on any atom is 0.168 e. The number of rotatable bonds is 8. The van der Waals surface area contributed by atoms with E-state index in [9.17, 15) is 22.0 Å². The maximum atomic E-state index is 14.0. The maximum absolute atomic E-state index is 14.0. The van der Waals surface area contributed by atoms with Crippen molar-refractivity contribution in [2.45, 2.75) is 51.2 Å². The van der Waals surface area contributed by atoms with Crippen LogP contribution in [0.4, 0.5) is 8.78 Å². The van der Waals surface area contributed by atoms with Crippen LogP contribution in [0.1, 0.15) is 45.1 Å². The fourth-order valence-electron chi connectivity index (χ4n) is 3.93. The van der Waals surface area contributed by atoms with Gasteiger partial charge in [-0.1, -0.05) is 18.2 Å². The van der Waals surface area contributed by atoms with E-state index in [1.54, 1.807) is 38.1 Å². The van der Waals surface area contributed by atoms with Gasteiger partial charge in [0.1, 0.15) is 17.3 Å². The summed E-state index contributed by atoms with van der Waals surface area (Å²) in [5.41, 5.74) is 0.640. The Hall–Kier alpha value is -2.28. The van der Waals surface area contributed by atoms with E-state index in [1.165, 1.54) is 6.07 Å². The van der Waals surface area contributed by atoms with Gasteiger partial charge in [0.2, 0.25) is 0 Å². The normalized spacial score (nSPS) is 19.4. The average Bonchev–Trinajstić information content (AvgIpc) is 2.71. The Labute approximate surface area is 182 Å². The Morgan fingerprint density at radius 2 is 1.71 bits per heavy atom. The fraction of sp³-hybridized carbons (Fsp3) is 0.458. The van der Waals surface area contributed by atoms with Gasteiger partial charge in [0.05, 0.1) is 11.0 Å². The summed E-state index contributed by atoms with van der Waals surface area (Å²) in [4.78, 5) is 12.9. The van der Waals surface area contributed by atoms with Crippen molar-refractivity contribution in [2.75, 3.05) is 5.75 Å². The minimum Gasteiger partial charge on any atom is -0.454 e. The summed E-state index contributed by atoms with van der Waals surface area (Å²) in [6.45, 7) is 3.39. The summed E-state index contributed by atoms with van der Waals surface area (Å²) in [7, 11) is -3.08. The van der Waals surface area contributed by atoms with Crippen LogP contribution in [0.3, 0.4) is 0 Å². The second kappa shape index (κ2) is 9.90. The highest BCUT2D eigenvalue weighted by atomic mass is 32.2. The van der Waals surface area contributed by atoms with E-state index in [2.05, 4.69) is 0 Å². The third-order valence-corrected chi connectivity index (χ3v) is 8.31. The van der Waals surface area contributed by atoms with Gasteiger partial charge in [-0.3, -0.25) is 4.79 Å². The van der Waals surface area contributed by atoms with E-state index >= 15 is 0 Å². The number of para-hydroxylation sites is 1. The molecule has 0 radical (unpaired) electrons. The van der Waals surface area contributed by atoms with E-state index in [0.29, 0.717) is 24.2 Å². The van der Waals surface area contributed by atoms with Gasteiger partial charge in [0.25, 0.3) is 0 Å². The van der Waals surface area contributed by atoms with Crippen molar-refractivity contribution in [1.82, 2.24) is 0 Å². The van der Waals surface area contributed by atoms with Crippen LogP contribution in [0.5, 0.6) is 11.5 Å². The zero-order chi connectivity index (χ0) is 22.6. The van der Waals surface area contributed by atoms with Gasteiger partial charge in [0.15, 0.2) is 21.4 Å². The topological polar surface area (TPSA) is 60.4 Å². The second-order valence-corrected chi connectivity index (χ2v) is 11.1. The number of benzene rings is 2. The third kappa shape index (κ3) is 6.12. The predicted octanol–water partition coefficient (Wildman–Crippen LogP) is 5.50. The Bertz CT molecular complexity index is 1030. The molecular formula is C24H28F2O4S. The molecule has 2 aromatic rings. The van der Waals surface area contributed by atoms with Crippen LogP contribution < -0.4 is 4.74 Å². The quantitative estimate of drug-likeness (QED) is 0.533. The second-order valence-electron chi connectivity index (χ2n) is 8.52. The molecule has 0 saturated heterocycles. The van der Waals surface area contributed by atoms with Crippen LogP contribution in [-0.2, 0) is 21.1 Å². The van der Waals surface area contributed by atoms with E-state index in [1.807, 2.05) is 0 Å². The summed E-state index contributed by atoms with van der Waals surface area (Å²) in [6, 6.07) is 10.0. The Kier molecular flexibility index (Phi) is 7.46. The molecule has 0 unspecified atom stereocenters. The predicted molar refractivity (Wildman–Crippen MR) is 116 cm³/mol. The van der Waals surface area contributed by atoms with Crippen LogP contribution in [0, 0.1) is 23.5 Å². The summed E-state index contributed by atoms with van der Waals surface area (Å²) < 4.78 is 57.0. The number of hydrogen-bond donors (Lipinski definition) is 0. The minimum absolute atomic E-state index is 0.0702. The lowest BCUT2D eigenvalue weighted by atomic mass is 9.79. The van der Waals surface area contributed by atoms with Crippen molar-refractivity contribution < 1.29 is 26.7 Å². The van der Waals surface area contributed by atoms with Gasteiger partial charge in [-0.05, 0) is 63.6 Å². The van der Waals surface area contributed by atoms with Crippen LogP contribution in [-0.4, -0.2) is 25.2 Å². The number of ketones is 1. The number of hydrogen-bond acceptors (Lipinski definition) is 4. The first kappa shape index (κ1) is 23.4. The minimum atomic E-state index is -3.08. The molecule has 0 heterocycles. The van der Waals surface area contributed by atoms with Crippen LogP contribution >= 0.6 is 0 Å². The van der Waals surface area contributed by atoms with Crippen molar-refractivity contribution in [3.8, 4) is 11.5 Å². The van der Waals surface area contributed by atoms with Crippen molar-refractivity contribution in [1.29, 1.82) is 0 Å². The molecule has 0 aromatic heterocycles. The number of ether oxygens (including phenoxy) is 1. The number of carbonyl (C=O) groups is 1. The summed E-state index contributed by atoms with van der Waals surface area (Å²) in [5.74, 6) is -0.999. The highest BCUT2D eigenvalue weighted by Gasteiger charge is 2.30. The van der Waals surface area contributed by atoms with Gasteiger partial charge in [-0.2, -0.15) is 0 Å². The molecule has 31 heavy (non-hydrogen) atoms. The average molecular weight is 451 g/mol. The van der Waals surface area contributed by atoms with Gasteiger partial charge in [-0.25, -0.2) is 17.2 Å². The van der Waals surface area contributed by atoms with E-state index in [4.69, 9.17) is 4.74 Å². The smallest absolute Gasteiger partial charge is 0.168 e. The van der Waals surface area contributed by atoms with Crippen molar-refractivity contribution >= 4 is 15.6 Å². The monoisotopic (exact) mass is 450 g/mol. The van der Waals surface area contributed by atoms with E-state index in [-0.39, 0.29) is 40.8 Å².